The minimum absolute atomic E-state index is 0. The van der Waals surface area contributed by atoms with Gasteiger partial charge in [-0.2, -0.15) is 38.7 Å². The largest absolute Gasteiger partial charge is 1.00 e. The first-order chi connectivity index (χ1) is 40.0. The van der Waals surface area contributed by atoms with Crippen molar-refractivity contribution in [2.75, 3.05) is 58.1 Å². The Balaban J connectivity index is 0.00000368. The number of hydrogen-bond donors (Lipinski definition) is 6. The van der Waals surface area contributed by atoms with Gasteiger partial charge < -0.3 is 68.4 Å². The maximum Gasteiger partial charge on any atom is 1.00 e. The molecule has 456 valence electrons. The maximum absolute atomic E-state index is 14.5. The number of nitrogens with zero attached hydrogens (tertiary/aromatic N) is 8. The average Bonchev–Trinajstić information content (AvgIpc) is 0.755. The summed E-state index contributed by atoms with van der Waals surface area (Å²) < 4.78 is 258. The zero-order valence-electron chi connectivity index (χ0n) is 47.7. The molecular formula is C42H28Cl2F2N14Na6O20S6. The van der Waals surface area contributed by atoms with E-state index in [4.69, 9.17) is 32.4 Å². The van der Waals surface area contributed by atoms with E-state index < -0.39 is 176 Å². The van der Waals surface area contributed by atoms with Gasteiger partial charge in [0.15, 0.2) is 22.8 Å². The fourth-order valence-corrected chi connectivity index (χ4v) is 12.2. The van der Waals surface area contributed by atoms with E-state index in [0.29, 0.717) is 36.4 Å². The van der Waals surface area contributed by atoms with Crippen LogP contribution < -0.4 is 219 Å². The molecule has 0 saturated carbocycles. The van der Waals surface area contributed by atoms with Gasteiger partial charge in [-0.15, -0.1) is 0 Å². The Hall–Kier alpha value is -1.98. The van der Waals surface area contributed by atoms with Crippen LogP contribution >= 0.6 is 23.2 Å². The molecule has 3 aliphatic rings. The second kappa shape index (κ2) is 33.3. The van der Waals surface area contributed by atoms with E-state index in [9.17, 15) is 86.6 Å². The fraction of sp³-hybridized carbons (Fsp3) is 0.143. The summed E-state index contributed by atoms with van der Waals surface area (Å²) >= 11 is 13.5. The Morgan fingerprint density at radius 2 is 0.978 bits per heavy atom. The number of benzene rings is 5. The number of anilines is 9. The van der Waals surface area contributed by atoms with Crippen LogP contribution in [-0.4, -0.2) is 139 Å². The van der Waals surface area contributed by atoms with Gasteiger partial charge in [0, 0.05) is 26.2 Å². The molecule has 4 heterocycles. The van der Waals surface area contributed by atoms with Crippen molar-refractivity contribution in [1.29, 1.82) is 0 Å². The summed E-state index contributed by atoms with van der Waals surface area (Å²) in [6, 6.07) is 7.85. The summed E-state index contributed by atoms with van der Waals surface area (Å²) in [6.45, 7) is -0.696. The molecule has 6 N–H and O–H groups in total. The number of nitrogens with one attached hydrogen (secondary N) is 6. The molecule has 0 fully saturated rings. The molecule has 0 atom stereocenters. The van der Waals surface area contributed by atoms with Crippen molar-refractivity contribution in [3.63, 3.8) is 0 Å². The number of rotatable bonds is 21. The molecular weight excluding hydrogens is 1460 g/mol. The normalized spacial score (nSPS) is 12.3. The Morgan fingerprint density at radius 1 is 0.500 bits per heavy atom. The van der Waals surface area contributed by atoms with Crippen molar-refractivity contribution in [3.05, 3.63) is 88.2 Å². The van der Waals surface area contributed by atoms with Gasteiger partial charge in [-0.05, 0) is 73.5 Å². The first-order valence-electron chi connectivity index (χ1n) is 23.1. The topological polar surface area (TPSA) is 540 Å². The molecule has 50 heteroatoms. The van der Waals surface area contributed by atoms with E-state index in [1.54, 1.807) is 0 Å². The number of hydrogen-bond acceptors (Lipinski definition) is 34. The van der Waals surface area contributed by atoms with Crippen LogP contribution in [0.25, 0.3) is 22.6 Å². The zero-order chi connectivity index (χ0) is 62.6. The van der Waals surface area contributed by atoms with E-state index in [1.165, 1.54) is 12.1 Å². The van der Waals surface area contributed by atoms with Crippen molar-refractivity contribution in [2.24, 2.45) is 4.99 Å². The van der Waals surface area contributed by atoms with Crippen LogP contribution in [0, 0.1) is 12.2 Å². The summed E-state index contributed by atoms with van der Waals surface area (Å²) in [5.74, 6) is -4.14. The monoisotopic (exact) mass is 1490 g/mol. The van der Waals surface area contributed by atoms with Gasteiger partial charge in [0.1, 0.15) is 97.4 Å². The molecule has 92 heavy (non-hydrogen) atoms. The first kappa shape index (κ1) is 84.2. The summed E-state index contributed by atoms with van der Waals surface area (Å²) in [7, 11) is -31.8. The second-order valence-corrected chi connectivity index (χ2v) is 26.0. The van der Waals surface area contributed by atoms with Crippen molar-refractivity contribution >= 4 is 147 Å². The molecule has 0 bridgehead atoms. The molecule has 0 amide bonds. The molecule has 2 aliphatic heterocycles. The summed E-state index contributed by atoms with van der Waals surface area (Å²) in [4.78, 5) is 23.7. The van der Waals surface area contributed by atoms with E-state index in [2.05, 4.69) is 71.8 Å². The number of fused-ring (bicyclic) bond motifs is 4. The minimum atomic E-state index is -5.48. The van der Waals surface area contributed by atoms with Crippen molar-refractivity contribution in [2.45, 2.75) is 42.2 Å². The molecule has 9 rings (SSSR count). The minimum Gasteiger partial charge on any atom is -0.744 e. The second-order valence-electron chi connectivity index (χ2n) is 17.2. The molecule has 4 aromatic carbocycles. The van der Waals surface area contributed by atoms with Crippen LogP contribution in [-0.2, 0) is 60.7 Å². The Bertz CT molecular complexity index is 4940. The van der Waals surface area contributed by atoms with Crippen molar-refractivity contribution < 1.29 is 273 Å². The number of aromatic nitrogens is 7. The van der Waals surface area contributed by atoms with Crippen molar-refractivity contribution in [1.82, 2.24) is 34.9 Å². The quantitative estimate of drug-likeness (QED) is 0.0168. The molecule has 0 unspecified atom stereocenters. The van der Waals surface area contributed by atoms with Gasteiger partial charge in [0.25, 0.3) is 0 Å². The standard InChI is InChI=1S/C42H34Cl2F2N14O20S6.6Na/c43-27-30-34(80-32-20(52-30)6-8-22(36(32)86(76,77)78)48-12-2-14-50-40-56-38(46)58-42(60-40)54-24-16-18(82(64,65)66)4-10-26(24)84(70,71)72)28(44)29-33(27)79-31-19(51-29)5-7-21(35(31)85(73,74)75)47-11-1-13-49-39-55-37(45)57-41(59-39)53-23-15-17(81(61,62)63)3-9-25(23)83(67,68)69;;;;;;/h3-10,15-16,47,51H,1-2,11-14H2,(H,61,62,63)(H,64,65,66)(H,67,68,69)(H,70,71,72)(H,73,74,75)(H,76,77,78)(H2,49,53,55,57,59)(H2,50,54,56,58,60);;;;;;/q;6*+1/p-6. The first-order valence-corrected chi connectivity index (χ1v) is 32.3. The molecule has 0 saturated heterocycles. The Morgan fingerprint density at radius 3 is 1.46 bits per heavy atom. The SMILES string of the molecule is O=S(=O)([O-])c1ccc(S(=O)(=O)[O-])c(Nc2nc(F)nc(NCCCN=c3ccc4nc5c(Cl)c6c(c(Cl)c5oc-4c3S(=O)(=O)[O-])Nc3ccc(NCCCNc4nc(F)nc(Nc5cc(S(=O)(=O)[O-])ccc5S(=O)(=O)[O-])n4)c(S(=O)(=O)[O-])c3O6)n2)c1.[Na+].[Na+].[Na+].[Na+].[Na+].[Na+]. The average molecular weight is 1490 g/mol. The molecule has 1 aliphatic carbocycles. The number of ether oxygens (including phenoxy) is 1. The fourth-order valence-electron chi connectivity index (χ4n) is 7.90. The van der Waals surface area contributed by atoms with Crippen LogP contribution in [0.15, 0.2) is 99.4 Å². The van der Waals surface area contributed by atoms with Gasteiger partial charge in [-0.25, -0.2) is 55.5 Å². The Kier molecular flexibility index (Phi) is 30.4. The van der Waals surface area contributed by atoms with E-state index in [1.807, 2.05) is 0 Å². The molecule has 6 aromatic rings. The third-order valence-corrected chi connectivity index (χ3v) is 17.4. The van der Waals surface area contributed by atoms with Gasteiger partial charge >= 0.3 is 190 Å². The Labute approximate surface area is 661 Å². The molecule has 0 spiro atoms. The third-order valence-electron chi connectivity index (χ3n) is 11.4. The van der Waals surface area contributed by atoms with Crippen LogP contribution in [0.3, 0.4) is 0 Å². The maximum atomic E-state index is 14.5. The van der Waals surface area contributed by atoms with Gasteiger partial charge in [0.2, 0.25) is 23.8 Å². The summed E-state index contributed by atoms with van der Waals surface area (Å²) in [6.07, 6.45) is -2.92. The molecule has 2 aromatic heterocycles. The van der Waals surface area contributed by atoms with Crippen LogP contribution in [0.4, 0.5) is 61.0 Å². The summed E-state index contributed by atoms with van der Waals surface area (Å²) in [5, 5.41) is 13.8. The van der Waals surface area contributed by atoms with Gasteiger partial charge in [0.05, 0.1) is 47.7 Å². The van der Waals surface area contributed by atoms with E-state index >= 15 is 0 Å². The molecule has 34 nitrogen and oxygen atoms in total. The predicted molar refractivity (Wildman–Crippen MR) is 282 cm³/mol. The van der Waals surface area contributed by atoms with Crippen molar-refractivity contribution in [3.8, 4) is 23.0 Å². The predicted octanol–water partition coefficient (Wildman–Crippen LogP) is -15.0. The molecule has 0 radical (unpaired) electrons. The number of halogens is 4. The van der Waals surface area contributed by atoms with Gasteiger partial charge in [-0.1, -0.05) is 23.2 Å². The van der Waals surface area contributed by atoms with Crippen LogP contribution in [0.1, 0.15) is 12.8 Å². The van der Waals surface area contributed by atoms with Crippen LogP contribution in [0.5, 0.6) is 11.5 Å². The van der Waals surface area contributed by atoms with Crippen LogP contribution in [0.2, 0.25) is 10.0 Å². The van der Waals surface area contributed by atoms with E-state index in [0.717, 1.165) is 12.1 Å². The third kappa shape index (κ3) is 20.1. The van der Waals surface area contributed by atoms with Gasteiger partial charge in [-0.3, -0.25) is 4.99 Å². The smallest absolute Gasteiger partial charge is 0.744 e. The van der Waals surface area contributed by atoms with E-state index in [-0.39, 0.29) is 245 Å². The summed E-state index contributed by atoms with van der Waals surface area (Å²) in [5.41, 5.74) is -3.36. The zero-order valence-corrected chi connectivity index (χ0v) is 66.1.